The molecule has 0 aliphatic rings. The average Bonchev–Trinajstić information content (AvgIpc) is 2.98. The summed E-state index contributed by atoms with van der Waals surface area (Å²) in [5.74, 6) is 0.888. The van der Waals surface area contributed by atoms with Crippen molar-refractivity contribution >= 4 is 22.2 Å². The molecule has 0 bridgehead atoms. The first-order chi connectivity index (χ1) is 10.3. The van der Waals surface area contributed by atoms with Crippen LogP contribution in [0.5, 0.6) is 5.75 Å². The molecule has 3 rings (SSSR count). The van der Waals surface area contributed by atoms with Gasteiger partial charge in [-0.05, 0) is 43.3 Å². The van der Waals surface area contributed by atoms with E-state index in [0.29, 0.717) is 6.61 Å². The second-order valence-corrected chi connectivity index (χ2v) is 5.34. The predicted octanol–water partition coefficient (Wildman–Crippen LogP) is 4.95. The number of hydrogen-bond donors (Lipinski definition) is 1. The predicted molar refractivity (Wildman–Crippen MR) is 88.4 cm³/mol. The van der Waals surface area contributed by atoms with Gasteiger partial charge in [-0.3, -0.25) is 0 Å². The van der Waals surface area contributed by atoms with Crippen LogP contribution in [0.25, 0.3) is 11.3 Å². The number of nitrogens with one attached hydrogen (secondary N) is 1. The van der Waals surface area contributed by atoms with Gasteiger partial charge in [-0.1, -0.05) is 18.2 Å². The van der Waals surface area contributed by atoms with E-state index in [1.807, 2.05) is 61.5 Å². The van der Waals surface area contributed by atoms with Crippen molar-refractivity contribution in [1.82, 2.24) is 4.98 Å². The Morgan fingerprint density at radius 2 is 1.81 bits per heavy atom. The Hall–Kier alpha value is -2.33. The van der Waals surface area contributed by atoms with Crippen LogP contribution in [0.2, 0.25) is 0 Å². The minimum absolute atomic E-state index is 0.682. The summed E-state index contributed by atoms with van der Waals surface area (Å²) < 4.78 is 5.45. The maximum Gasteiger partial charge on any atom is 0.187 e. The van der Waals surface area contributed by atoms with Crippen LogP contribution in [0.3, 0.4) is 0 Å². The summed E-state index contributed by atoms with van der Waals surface area (Å²) in [6.45, 7) is 2.66. The molecule has 2 aromatic carbocycles. The molecule has 0 radical (unpaired) electrons. The van der Waals surface area contributed by atoms with Gasteiger partial charge in [-0.25, -0.2) is 4.98 Å². The SMILES string of the molecule is CCOc1ccc(-c2csc(Nc3ccccc3)n2)cc1. The van der Waals surface area contributed by atoms with Gasteiger partial charge in [0.15, 0.2) is 5.13 Å². The minimum Gasteiger partial charge on any atom is -0.494 e. The van der Waals surface area contributed by atoms with Gasteiger partial charge < -0.3 is 10.1 Å². The molecule has 0 saturated heterocycles. The summed E-state index contributed by atoms with van der Waals surface area (Å²) in [5, 5.41) is 6.26. The van der Waals surface area contributed by atoms with E-state index in [1.54, 1.807) is 11.3 Å². The van der Waals surface area contributed by atoms with E-state index in [4.69, 9.17) is 4.74 Å². The van der Waals surface area contributed by atoms with Gasteiger partial charge in [-0.15, -0.1) is 11.3 Å². The molecular formula is C17H16N2OS. The molecular weight excluding hydrogens is 280 g/mol. The Labute approximate surface area is 128 Å². The summed E-state index contributed by atoms with van der Waals surface area (Å²) in [5.41, 5.74) is 3.11. The first-order valence-corrected chi connectivity index (χ1v) is 7.74. The van der Waals surface area contributed by atoms with Crippen molar-refractivity contribution in [3.05, 3.63) is 60.0 Å². The standard InChI is InChI=1S/C17H16N2OS/c1-2-20-15-10-8-13(9-11-15)16-12-21-17(19-16)18-14-6-4-3-5-7-14/h3-12H,2H2,1H3,(H,18,19). The molecule has 21 heavy (non-hydrogen) atoms. The third-order valence-electron chi connectivity index (χ3n) is 2.99. The molecule has 1 heterocycles. The molecule has 0 amide bonds. The Kier molecular flexibility index (Phi) is 4.17. The smallest absolute Gasteiger partial charge is 0.187 e. The van der Waals surface area contributed by atoms with Crippen molar-refractivity contribution in [2.24, 2.45) is 0 Å². The molecule has 1 N–H and O–H groups in total. The molecule has 0 atom stereocenters. The van der Waals surface area contributed by atoms with Crippen LogP contribution in [0, 0.1) is 0 Å². The topological polar surface area (TPSA) is 34.1 Å². The Morgan fingerprint density at radius 3 is 2.52 bits per heavy atom. The fourth-order valence-corrected chi connectivity index (χ4v) is 2.74. The summed E-state index contributed by atoms with van der Waals surface area (Å²) in [6.07, 6.45) is 0. The molecule has 0 fully saturated rings. The van der Waals surface area contributed by atoms with E-state index in [2.05, 4.69) is 15.7 Å². The largest absolute Gasteiger partial charge is 0.494 e. The van der Waals surface area contributed by atoms with Crippen LogP contribution < -0.4 is 10.1 Å². The second-order valence-electron chi connectivity index (χ2n) is 4.49. The van der Waals surface area contributed by atoms with Crippen molar-refractivity contribution in [1.29, 1.82) is 0 Å². The number of aromatic nitrogens is 1. The normalized spacial score (nSPS) is 10.3. The molecule has 0 aliphatic heterocycles. The maximum absolute atomic E-state index is 5.45. The minimum atomic E-state index is 0.682. The van der Waals surface area contributed by atoms with Gasteiger partial charge in [-0.2, -0.15) is 0 Å². The van der Waals surface area contributed by atoms with Crippen molar-refractivity contribution in [3.8, 4) is 17.0 Å². The first kappa shape index (κ1) is 13.6. The first-order valence-electron chi connectivity index (χ1n) is 6.86. The lowest BCUT2D eigenvalue weighted by molar-refractivity contribution is 0.340. The molecule has 0 unspecified atom stereocenters. The van der Waals surface area contributed by atoms with Crippen LogP contribution in [-0.4, -0.2) is 11.6 Å². The van der Waals surface area contributed by atoms with Crippen molar-refractivity contribution < 1.29 is 4.74 Å². The Balaban J connectivity index is 1.75. The molecule has 0 spiro atoms. The molecule has 106 valence electrons. The highest BCUT2D eigenvalue weighted by atomic mass is 32.1. The lowest BCUT2D eigenvalue weighted by atomic mass is 10.2. The van der Waals surface area contributed by atoms with E-state index >= 15 is 0 Å². The fraction of sp³-hybridized carbons (Fsp3) is 0.118. The lowest BCUT2D eigenvalue weighted by Crippen LogP contribution is -1.91. The maximum atomic E-state index is 5.45. The monoisotopic (exact) mass is 296 g/mol. The number of para-hydroxylation sites is 1. The Bertz CT molecular complexity index is 692. The number of hydrogen-bond acceptors (Lipinski definition) is 4. The van der Waals surface area contributed by atoms with Crippen molar-refractivity contribution in [2.75, 3.05) is 11.9 Å². The van der Waals surface area contributed by atoms with Gasteiger partial charge >= 0.3 is 0 Å². The van der Waals surface area contributed by atoms with Crippen molar-refractivity contribution in [2.45, 2.75) is 6.92 Å². The summed E-state index contributed by atoms with van der Waals surface area (Å²) in [7, 11) is 0. The summed E-state index contributed by atoms with van der Waals surface area (Å²) in [4.78, 5) is 4.62. The lowest BCUT2D eigenvalue weighted by Gasteiger charge is -2.03. The van der Waals surface area contributed by atoms with Gasteiger partial charge in [0.25, 0.3) is 0 Å². The molecule has 1 aromatic heterocycles. The number of ether oxygens (including phenoxy) is 1. The number of benzene rings is 2. The zero-order valence-electron chi connectivity index (χ0n) is 11.7. The number of anilines is 2. The van der Waals surface area contributed by atoms with Crippen LogP contribution in [0.1, 0.15) is 6.92 Å². The third-order valence-corrected chi connectivity index (χ3v) is 3.75. The molecule has 0 aliphatic carbocycles. The number of rotatable bonds is 5. The third kappa shape index (κ3) is 3.41. The molecule has 0 saturated carbocycles. The number of nitrogens with zero attached hydrogens (tertiary/aromatic N) is 1. The van der Waals surface area contributed by atoms with E-state index in [0.717, 1.165) is 27.8 Å². The van der Waals surface area contributed by atoms with Gasteiger partial charge in [0.05, 0.1) is 12.3 Å². The van der Waals surface area contributed by atoms with E-state index in [9.17, 15) is 0 Å². The van der Waals surface area contributed by atoms with Crippen molar-refractivity contribution in [3.63, 3.8) is 0 Å². The van der Waals surface area contributed by atoms with Gasteiger partial charge in [0, 0.05) is 16.6 Å². The summed E-state index contributed by atoms with van der Waals surface area (Å²) >= 11 is 1.60. The van der Waals surface area contributed by atoms with Gasteiger partial charge in [0.1, 0.15) is 5.75 Å². The molecule has 4 heteroatoms. The van der Waals surface area contributed by atoms with Crippen LogP contribution in [0.4, 0.5) is 10.8 Å². The summed E-state index contributed by atoms with van der Waals surface area (Å²) in [6, 6.07) is 18.1. The fourth-order valence-electron chi connectivity index (χ4n) is 2.00. The van der Waals surface area contributed by atoms with E-state index < -0.39 is 0 Å². The average molecular weight is 296 g/mol. The zero-order valence-corrected chi connectivity index (χ0v) is 12.6. The highest BCUT2D eigenvalue weighted by molar-refractivity contribution is 7.14. The highest BCUT2D eigenvalue weighted by Crippen LogP contribution is 2.28. The van der Waals surface area contributed by atoms with Gasteiger partial charge in [0.2, 0.25) is 0 Å². The highest BCUT2D eigenvalue weighted by Gasteiger charge is 2.05. The zero-order chi connectivity index (χ0) is 14.5. The quantitative estimate of drug-likeness (QED) is 0.723. The van der Waals surface area contributed by atoms with E-state index in [1.165, 1.54) is 0 Å². The molecule has 3 nitrogen and oxygen atoms in total. The molecule has 3 aromatic rings. The van der Waals surface area contributed by atoms with Crippen LogP contribution >= 0.6 is 11.3 Å². The van der Waals surface area contributed by atoms with E-state index in [-0.39, 0.29) is 0 Å². The second kappa shape index (κ2) is 6.41. The Morgan fingerprint density at radius 1 is 1.05 bits per heavy atom. The van der Waals surface area contributed by atoms with Crippen LogP contribution in [0.15, 0.2) is 60.0 Å². The number of thiazole rings is 1. The van der Waals surface area contributed by atoms with Crippen LogP contribution in [-0.2, 0) is 0 Å².